The Morgan fingerprint density at radius 2 is 1.94 bits per heavy atom. The van der Waals surface area contributed by atoms with Crippen molar-refractivity contribution < 1.29 is 33.8 Å². The van der Waals surface area contributed by atoms with Gasteiger partial charge in [0.25, 0.3) is 11.8 Å². The topological polar surface area (TPSA) is 122 Å². The van der Waals surface area contributed by atoms with E-state index in [9.17, 15) is 24.3 Å². The number of barbiturate groups is 1. The number of nitrogens with one attached hydrogen (secondary N) is 1. The number of methoxy groups -OCH3 is 1. The predicted octanol–water partition coefficient (Wildman–Crippen LogP) is 3.28. The fraction of sp³-hybridized carbons (Fsp3) is 0.182. The Kier molecular flexibility index (Phi) is 6.64. The van der Waals surface area contributed by atoms with Crippen LogP contribution in [-0.2, 0) is 14.4 Å². The molecule has 0 aromatic heterocycles. The normalized spacial score (nSPS) is 16.1. The number of hydrogen-bond donors (Lipinski definition) is 2. The maximum Gasteiger partial charge on any atom is 0.344 e. The number of imide groups is 2. The summed E-state index contributed by atoms with van der Waals surface area (Å²) in [5.41, 5.74) is 0.860. The first-order chi connectivity index (χ1) is 15.1. The molecule has 1 heterocycles. The minimum Gasteiger partial charge on any atom is -0.493 e. The largest absolute Gasteiger partial charge is 0.493 e. The van der Waals surface area contributed by atoms with Gasteiger partial charge in [-0.1, -0.05) is 28.1 Å². The summed E-state index contributed by atoms with van der Waals surface area (Å²) in [5.74, 6) is -2.66. The number of aryl methyl sites for hydroxylation is 1. The molecule has 1 atom stereocenters. The molecule has 0 aliphatic carbocycles. The van der Waals surface area contributed by atoms with Gasteiger partial charge in [0.2, 0.25) is 0 Å². The SMILES string of the molecule is COc1cccc(/C=C2\C(=O)NC(=O)N(c3ccc(Br)cc3C)C2=O)c1O[C@H](C)C(=O)O. The zero-order valence-electron chi connectivity index (χ0n) is 17.3. The summed E-state index contributed by atoms with van der Waals surface area (Å²) in [5, 5.41) is 11.4. The highest BCUT2D eigenvalue weighted by molar-refractivity contribution is 9.10. The second kappa shape index (κ2) is 9.23. The molecule has 0 unspecified atom stereocenters. The Labute approximate surface area is 191 Å². The van der Waals surface area contributed by atoms with E-state index >= 15 is 0 Å². The van der Waals surface area contributed by atoms with Gasteiger partial charge in [-0.15, -0.1) is 0 Å². The van der Waals surface area contributed by atoms with Gasteiger partial charge in [-0.05, 0) is 49.8 Å². The highest BCUT2D eigenvalue weighted by Crippen LogP contribution is 2.34. The highest BCUT2D eigenvalue weighted by atomic mass is 79.9. The number of para-hydroxylation sites is 1. The Hall–Kier alpha value is -3.66. The van der Waals surface area contributed by atoms with E-state index < -0.39 is 29.9 Å². The smallest absolute Gasteiger partial charge is 0.344 e. The summed E-state index contributed by atoms with van der Waals surface area (Å²) in [4.78, 5) is 50.3. The van der Waals surface area contributed by atoms with Crippen LogP contribution in [0.5, 0.6) is 11.5 Å². The first-order valence-corrected chi connectivity index (χ1v) is 10.2. The van der Waals surface area contributed by atoms with Crippen molar-refractivity contribution in [3.63, 3.8) is 0 Å². The monoisotopic (exact) mass is 502 g/mol. The number of nitrogens with zero attached hydrogens (tertiary/aromatic N) is 1. The summed E-state index contributed by atoms with van der Waals surface area (Å²) in [7, 11) is 1.37. The van der Waals surface area contributed by atoms with Gasteiger partial charge in [0, 0.05) is 10.0 Å². The van der Waals surface area contributed by atoms with Crippen molar-refractivity contribution in [2.45, 2.75) is 20.0 Å². The molecule has 32 heavy (non-hydrogen) atoms. The molecule has 0 bridgehead atoms. The van der Waals surface area contributed by atoms with Crippen molar-refractivity contribution in [1.82, 2.24) is 5.32 Å². The van der Waals surface area contributed by atoms with E-state index in [2.05, 4.69) is 21.2 Å². The Bertz CT molecular complexity index is 1160. The number of carboxylic acid groups (broad SMARTS) is 1. The van der Waals surface area contributed by atoms with Crippen molar-refractivity contribution in [2.75, 3.05) is 12.0 Å². The zero-order chi connectivity index (χ0) is 23.6. The molecule has 0 spiro atoms. The Morgan fingerprint density at radius 1 is 1.22 bits per heavy atom. The van der Waals surface area contributed by atoms with Crippen LogP contribution in [0.15, 0.2) is 46.4 Å². The van der Waals surface area contributed by atoms with Gasteiger partial charge in [0.05, 0.1) is 12.8 Å². The van der Waals surface area contributed by atoms with Crippen LogP contribution in [0.25, 0.3) is 6.08 Å². The van der Waals surface area contributed by atoms with E-state index in [4.69, 9.17) is 9.47 Å². The van der Waals surface area contributed by atoms with Crippen LogP contribution in [0, 0.1) is 6.92 Å². The van der Waals surface area contributed by atoms with E-state index in [0.717, 1.165) is 9.37 Å². The maximum absolute atomic E-state index is 13.2. The van der Waals surface area contributed by atoms with Crippen molar-refractivity contribution in [3.8, 4) is 11.5 Å². The standard InChI is InChI=1S/C22H19BrN2O7/c1-11-9-14(23)7-8-16(11)25-20(27)15(19(26)24-22(25)30)10-13-5-4-6-17(31-3)18(13)32-12(2)21(28)29/h4-10,12H,1-3H3,(H,28,29)(H,24,26,30)/b15-10+/t12-/m1/s1. The number of aliphatic carboxylic acids is 1. The fourth-order valence-corrected chi connectivity index (χ4v) is 3.54. The number of benzene rings is 2. The second-order valence-corrected chi connectivity index (χ2v) is 7.78. The highest BCUT2D eigenvalue weighted by Gasteiger charge is 2.37. The van der Waals surface area contributed by atoms with E-state index in [1.165, 1.54) is 26.2 Å². The number of amides is 4. The number of carboxylic acids is 1. The van der Waals surface area contributed by atoms with Crippen LogP contribution in [0.3, 0.4) is 0 Å². The molecule has 9 nitrogen and oxygen atoms in total. The van der Waals surface area contributed by atoms with Crippen molar-refractivity contribution in [3.05, 3.63) is 57.6 Å². The van der Waals surface area contributed by atoms with Crippen LogP contribution >= 0.6 is 15.9 Å². The van der Waals surface area contributed by atoms with Gasteiger partial charge in [0.15, 0.2) is 17.6 Å². The molecule has 1 saturated heterocycles. The van der Waals surface area contributed by atoms with Gasteiger partial charge >= 0.3 is 12.0 Å². The molecular weight excluding hydrogens is 484 g/mol. The van der Waals surface area contributed by atoms with Crippen LogP contribution in [0.4, 0.5) is 10.5 Å². The minimum atomic E-state index is -1.22. The summed E-state index contributed by atoms with van der Waals surface area (Å²) < 4.78 is 11.5. The molecule has 166 valence electrons. The third kappa shape index (κ3) is 4.50. The van der Waals surface area contributed by atoms with Gasteiger partial charge in [-0.3, -0.25) is 14.9 Å². The summed E-state index contributed by atoms with van der Waals surface area (Å²) in [6.07, 6.45) is 0.0142. The lowest BCUT2D eigenvalue weighted by atomic mass is 10.0. The third-order valence-corrected chi connectivity index (χ3v) is 5.17. The van der Waals surface area contributed by atoms with E-state index in [1.54, 1.807) is 37.3 Å². The number of urea groups is 1. The molecule has 1 aliphatic heterocycles. The van der Waals surface area contributed by atoms with Crippen LogP contribution in [0.2, 0.25) is 0 Å². The summed E-state index contributed by atoms with van der Waals surface area (Å²) in [6.45, 7) is 3.06. The summed E-state index contributed by atoms with van der Waals surface area (Å²) >= 11 is 3.33. The lowest BCUT2D eigenvalue weighted by Gasteiger charge is -2.27. The lowest BCUT2D eigenvalue weighted by Crippen LogP contribution is -2.54. The first-order valence-electron chi connectivity index (χ1n) is 9.38. The fourth-order valence-electron chi connectivity index (χ4n) is 3.06. The molecule has 10 heteroatoms. The number of halogens is 1. The quantitative estimate of drug-likeness (QED) is 0.458. The average molecular weight is 503 g/mol. The molecule has 0 saturated carbocycles. The molecule has 0 radical (unpaired) electrons. The minimum absolute atomic E-state index is 0.0428. The first kappa shape index (κ1) is 23.0. The van der Waals surface area contributed by atoms with Crippen molar-refractivity contribution in [2.24, 2.45) is 0 Å². The van der Waals surface area contributed by atoms with Crippen molar-refractivity contribution >= 4 is 51.5 Å². The number of rotatable bonds is 6. The van der Waals surface area contributed by atoms with E-state index in [1.807, 2.05) is 0 Å². The Balaban J connectivity index is 2.09. The molecular formula is C22H19BrN2O7. The number of hydrogen-bond acceptors (Lipinski definition) is 6. The number of ether oxygens (including phenoxy) is 2. The van der Waals surface area contributed by atoms with Gasteiger partial charge < -0.3 is 14.6 Å². The molecule has 1 aliphatic rings. The number of carbonyl (C=O) groups excluding carboxylic acids is 3. The number of carbonyl (C=O) groups is 4. The second-order valence-electron chi connectivity index (χ2n) is 6.87. The molecule has 1 fully saturated rings. The lowest BCUT2D eigenvalue weighted by molar-refractivity contribution is -0.144. The van der Waals surface area contributed by atoms with Gasteiger partial charge in [-0.2, -0.15) is 0 Å². The maximum atomic E-state index is 13.2. The predicted molar refractivity (Wildman–Crippen MR) is 119 cm³/mol. The molecule has 2 N–H and O–H groups in total. The summed E-state index contributed by atoms with van der Waals surface area (Å²) in [6, 6.07) is 8.79. The van der Waals surface area contributed by atoms with Gasteiger partial charge in [0.1, 0.15) is 5.57 Å². The van der Waals surface area contributed by atoms with Gasteiger partial charge in [-0.25, -0.2) is 14.5 Å². The zero-order valence-corrected chi connectivity index (χ0v) is 18.9. The third-order valence-electron chi connectivity index (χ3n) is 4.67. The van der Waals surface area contributed by atoms with E-state index in [0.29, 0.717) is 11.3 Å². The average Bonchev–Trinajstić information content (AvgIpc) is 2.73. The van der Waals surface area contributed by atoms with Crippen LogP contribution in [-0.4, -0.2) is 42.1 Å². The van der Waals surface area contributed by atoms with Crippen molar-refractivity contribution in [1.29, 1.82) is 0 Å². The van der Waals surface area contributed by atoms with E-state index in [-0.39, 0.29) is 22.6 Å². The molecule has 3 rings (SSSR count). The van der Waals surface area contributed by atoms with Crippen LogP contribution < -0.4 is 19.7 Å². The molecule has 2 aromatic rings. The molecule has 2 aromatic carbocycles. The molecule has 4 amide bonds. The van der Waals surface area contributed by atoms with Crippen LogP contribution in [0.1, 0.15) is 18.1 Å². The number of anilines is 1. The Morgan fingerprint density at radius 3 is 2.56 bits per heavy atom.